The number of aromatic nitrogens is 2. The van der Waals surface area contributed by atoms with Gasteiger partial charge in [-0.25, -0.2) is 0 Å². The van der Waals surface area contributed by atoms with Crippen LogP contribution in [-0.4, -0.2) is 16.6 Å². The van der Waals surface area contributed by atoms with Crippen molar-refractivity contribution >= 4 is 0 Å². The topological polar surface area (TPSA) is 61.0 Å². The van der Waals surface area contributed by atoms with Gasteiger partial charge in [0.15, 0.2) is 0 Å². The highest BCUT2D eigenvalue weighted by Crippen LogP contribution is 2.21. The lowest BCUT2D eigenvalue weighted by atomic mass is 10.0. The largest absolute Gasteiger partial charge is 0.494 e. The third-order valence-corrected chi connectivity index (χ3v) is 2.43. The van der Waals surface area contributed by atoms with Gasteiger partial charge in [0.1, 0.15) is 5.75 Å². The summed E-state index contributed by atoms with van der Waals surface area (Å²) in [6, 6.07) is 7.46. The van der Waals surface area contributed by atoms with Gasteiger partial charge < -0.3 is 10.5 Å². The summed E-state index contributed by atoms with van der Waals surface area (Å²) >= 11 is 0. The van der Waals surface area contributed by atoms with Gasteiger partial charge in [-0.15, -0.1) is 0 Å². The molecule has 0 amide bonds. The van der Waals surface area contributed by atoms with Crippen LogP contribution in [0.4, 0.5) is 0 Å². The van der Waals surface area contributed by atoms with Gasteiger partial charge in [0.05, 0.1) is 24.5 Å². The zero-order valence-corrected chi connectivity index (χ0v) is 9.71. The molecule has 0 radical (unpaired) electrons. The maximum atomic E-state index is 6.12. The Morgan fingerprint density at radius 2 is 2.24 bits per heavy atom. The molecule has 2 rings (SSSR count). The van der Waals surface area contributed by atoms with Crippen molar-refractivity contribution in [2.75, 3.05) is 6.61 Å². The van der Waals surface area contributed by atoms with Crippen molar-refractivity contribution in [2.45, 2.75) is 13.0 Å². The van der Waals surface area contributed by atoms with Crippen LogP contribution in [0.15, 0.2) is 42.9 Å². The van der Waals surface area contributed by atoms with Gasteiger partial charge in [-0.1, -0.05) is 12.1 Å². The smallest absolute Gasteiger partial charge is 0.119 e. The van der Waals surface area contributed by atoms with Gasteiger partial charge in [0.2, 0.25) is 0 Å². The third-order valence-electron chi connectivity index (χ3n) is 2.43. The molecular formula is C13H15N3O. The summed E-state index contributed by atoms with van der Waals surface area (Å²) in [5.41, 5.74) is 7.84. The first-order valence-electron chi connectivity index (χ1n) is 5.55. The Balaban J connectivity index is 2.25. The minimum atomic E-state index is -0.274. The van der Waals surface area contributed by atoms with Crippen molar-refractivity contribution < 1.29 is 4.74 Å². The summed E-state index contributed by atoms with van der Waals surface area (Å²) in [6.45, 7) is 2.60. The van der Waals surface area contributed by atoms with Gasteiger partial charge in [-0.2, -0.15) is 0 Å². The van der Waals surface area contributed by atoms with Gasteiger partial charge >= 0.3 is 0 Å². The Kier molecular flexibility index (Phi) is 3.67. The molecule has 0 spiro atoms. The van der Waals surface area contributed by atoms with Gasteiger partial charge in [-0.05, 0) is 24.6 Å². The Bertz CT molecular complexity index is 473. The third kappa shape index (κ3) is 2.79. The number of nitrogens with zero attached hydrogens (tertiary/aromatic N) is 2. The van der Waals surface area contributed by atoms with Crippen LogP contribution >= 0.6 is 0 Å². The lowest BCUT2D eigenvalue weighted by molar-refractivity contribution is 0.340. The van der Waals surface area contributed by atoms with Crippen molar-refractivity contribution in [3.8, 4) is 5.75 Å². The van der Waals surface area contributed by atoms with Crippen LogP contribution in [0, 0.1) is 0 Å². The fourth-order valence-corrected chi connectivity index (χ4v) is 1.61. The Morgan fingerprint density at radius 3 is 2.94 bits per heavy atom. The maximum Gasteiger partial charge on any atom is 0.119 e. The molecule has 0 aliphatic carbocycles. The van der Waals surface area contributed by atoms with Gasteiger partial charge in [0, 0.05) is 12.4 Å². The van der Waals surface area contributed by atoms with Crippen LogP contribution in [0.5, 0.6) is 5.75 Å². The van der Waals surface area contributed by atoms with Crippen molar-refractivity contribution in [2.24, 2.45) is 5.73 Å². The van der Waals surface area contributed by atoms with E-state index in [0.717, 1.165) is 17.0 Å². The Hall–Kier alpha value is -1.94. The highest BCUT2D eigenvalue weighted by molar-refractivity contribution is 5.33. The van der Waals surface area contributed by atoms with E-state index in [1.54, 1.807) is 18.6 Å². The number of ether oxygens (including phenoxy) is 1. The summed E-state index contributed by atoms with van der Waals surface area (Å²) in [5, 5.41) is 0. The second kappa shape index (κ2) is 5.41. The van der Waals surface area contributed by atoms with Crippen molar-refractivity contribution in [3.63, 3.8) is 0 Å². The molecule has 0 saturated heterocycles. The lowest BCUT2D eigenvalue weighted by Gasteiger charge is -2.12. The van der Waals surface area contributed by atoms with Crippen LogP contribution in [0.3, 0.4) is 0 Å². The molecule has 4 heteroatoms. The first-order valence-corrected chi connectivity index (χ1v) is 5.55. The first-order chi connectivity index (χ1) is 8.31. The molecule has 2 aromatic rings. The molecule has 4 nitrogen and oxygen atoms in total. The number of nitrogens with two attached hydrogens (primary N) is 1. The molecule has 17 heavy (non-hydrogen) atoms. The molecule has 0 aliphatic heterocycles. The SMILES string of the molecule is CCOc1cccc(C(N)c2cnccn2)c1. The van der Waals surface area contributed by atoms with E-state index in [0.29, 0.717) is 6.61 Å². The van der Waals surface area contributed by atoms with Gasteiger partial charge in [-0.3, -0.25) is 9.97 Å². The molecule has 88 valence electrons. The van der Waals surface area contributed by atoms with Crippen LogP contribution in [0.1, 0.15) is 24.2 Å². The zero-order chi connectivity index (χ0) is 12.1. The summed E-state index contributed by atoms with van der Waals surface area (Å²) in [4.78, 5) is 8.22. The van der Waals surface area contributed by atoms with Crippen molar-refractivity contribution in [1.29, 1.82) is 0 Å². The van der Waals surface area contributed by atoms with E-state index < -0.39 is 0 Å². The molecule has 1 aromatic heterocycles. The van der Waals surface area contributed by atoms with Crippen LogP contribution < -0.4 is 10.5 Å². The predicted octanol–water partition coefficient (Wildman–Crippen LogP) is 1.92. The van der Waals surface area contributed by atoms with E-state index in [9.17, 15) is 0 Å². The highest BCUT2D eigenvalue weighted by Gasteiger charge is 2.10. The quantitative estimate of drug-likeness (QED) is 0.870. The number of rotatable bonds is 4. The molecule has 1 unspecified atom stereocenters. The average molecular weight is 229 g/mol. The molecule has 0 aliphatic rings. The molecule has 1 heterocycles. The normalized spacial score (nSPS) is 12.1. The standard InChI is InChI=1S/C13H15N3O/c1-2-17-11-5-3-4-10(8-11)13(14)12-9-15-6-7-16-12/h3-9,13H,2,14H2,1H3. The fourth-order valence-electron chi connectivity index (χ4n) is 1.61. The summed E-state index contributed by atoms with van der Waals surface area (Å²) < 4.78 is 5.44. The second-order valence-electron chi connectivity index (χ2n) is 3.61. The van der Waals surface area contributed by atoms with E-state index in [2.05, 4.69) is 9.97 Å². The molecule has 1 aromatic carbocycles. The van der Waals surface area contributed by atoms with Crippen LogP contribution in [0.25, 0.3) is 0 Å². The molecule has 0 saturated carbocycles. The van der Waals surface area contributed by atoms with E-state index in [4.69, 9.17) is 10.5 Å². The Labute approximate surface area is 100 Å². The van der Waals surface area contributed by atoms with E-state index in [-0.39, 0.29) is 6.04 Å². The average Bonchev–Trinajstić information content (AvgIpc) is 2.40. The molecule has 1 atom stereocenters. The summed E-state index contributed by atoms with van der Waals surface area (Å²) in [5.74, 6) is 0.823. The molecule has 0 bridgehead atoms. The number of hydrogen-bond acceptors (Lipinski definition) is 4. The molecular weight excluding hydrogens is 214 g/mol. The van der Waals surface area contributed by atoms with Crippen LogP contribution in [0.2, 0.25) is 0 Å². The van der Waals surface area contributed by atoms with Crippen molar-refractivity contribution in [1.82, 2.24) is 9.97 Å². The fraction of sp³-hybridized carbons (Fsp3) is 0.231. The van der Waals surface area contributed by atoms with E-state index >= 15 is 0 Å². The first kappa shape index (κ1) is 11.5. The molecule has 0 fully saturated rings. The second-order valence-corrected chi connectivity index (χ2v) is 3.61. The maximum absolute atomic E-state index is 6.12. The number of hydrogen-bond donors (Lipinski definition) is 1. The zero-order valence-electron chi connectivity index (χ0n) is 9.71. The summed E-state index contributed by atoms with van der Waals surface area (Å²) in [7, 11) is 0. The highest BCUT2D eigenvalue weighted by atomic mass is 16.5. The minimum Gasteiger partial charge on any atom is -0.494 e. The molecule has 2 N–H and O–H groups in total. The predicted molar refractivity (Wildman–Crippen MR) is 65.7 cm³/mol. The minimum absolute atomic E-state index is 0.274. The van der Waals surface area contributed by atoms with E-state index in [1.165, 1.54) is 0 Å². The summed E-state index contributed by atoms with van der Waals surface area (Å²) in [6.07, 6.45) is 4.95. The Morgan fingerprint density at radius 1 is 1.35 bits per heavy atom. The van der Waals surface area contributed by atoms with Crippen molar-refractivity contribution in [3.05, 3.63) is 54.1 Å². The lowest BCUT2D eigenvalue weighted by Crippen LogP contribution is -2.13. The van der Waals surface area contributed by atoms with E-state index in [1.807, 2.05) is 31.2 Å². The van der Waals surface area contributed by atoms with Crippen LogP contribution in [-0.2, 0) is 0 Å². The monoisotopic (exact) mass is 229 g/mol. The van der Waals surface area contributed by atoms with Gasteiger partial charge in [0.25, 0.3) is 0 Å². The number of benzene rings is 1.